The lowest BCUT2D eigenvalue weighted by molar-refractivity contribution is 0.210. The molecule has 1 heterocycles. The molecule has 1 saturated heterocycles. The van der Waals surface area contributed by atoms with Gasteiger partial charge in [-0.15, -0.1) is 0 Å². The lowest BCUT2D eigenvalue weighted by Crippen LogP contribution is -2.23. The summed E-state index contributed by atoms with van der Waals surface area (Å²) >= 11 is 0. The van der Waals surface area contributed by atoms with E-state index in [1.807, 2.05) is 13.8 Å². The van der Waals surface area contributed by atoms with E-state index >= 15 is 0 Å². The molecule has 1 aliphatic heterocycles. The summed E-state index contributed by atoms with van der Waals surface area (Å²) in [6, 6.07) is 0. The van der Waals surface area contributed by atoms with Crippen LogP contribution >= 0.6 is 7.60 Å². The van der Waals surface area contributed by atoms with E-state index in [1.165, 1.54) is 0 Å². The minimum Gasteiger partial charge on any atom is -0.308 e. The molecule has 1 N–H and O–H groups in total. The topological polar surface area (TPSA) is 47.6 Å². The van der Waals surface area contributed by atoms with Crippen molar-refractivity contribution >= 4 is 7.60 Å². The zero-order valence-corrected chi connectivity index (χ0v) is 9.18. The van der Waals surface area contributed by atoms with Gasteiger partial charge in [-0.3, -0.25) is 4.57 Å². The number of rotatable bonds is 5. The van der Waals surface area contributed by atoms with Gasteiger partial charge in [-0.25, -0.2) is 0 Å². The van der Waals surface area contributed by atoms with E-state index in [9.17, 15) is 4.57 Å². The summed E-state index contributed by atoms with van der Waals surface area (Å²) in [7, 11) is -2.88. The minimum absolute atomic E-state index is 0.0904. The minimum atomic E-state index is -2.88. The van der Waals surface area contributed by atoms with E-state index in [1.54, 1.807) is 0 Å². The van der Waals surface area contributed by atoms with Gasteiger partial charge in [0, 0.05) is 0 Å². The van der Waals surface area contributed by atoms with Crippen LogP contribution in [0.1, 0.15) is 26.7 Å². The molecule has 4 nitrogen and oxygen atoms in total. The molecule has 13 heavy (non-hydrogen) atoms. The van der Waals surface area contributed by atoms with E-state index in [4.69, 9.17) is 9.05 Å². The molecule has 78 valence electrons. The van der Waals surface area contributed by atoms with E-state index in [-0.39, 0.29) is 5.78 Å². The highest BCUT2D eigenvalue weighted by Gasteiger charge is 2.36. The molecule has 1 rings (SSSR count). The van der Waals surface area contributed by atoms with Crippen molar-refractivity contribution in [3.8, 4) is 0 Å². The average molecular weight is 207 g/mol. The third-order valence-electron chi connectivity index (χ3n) is 2.03. The Morgan fingerprint density at radius 3 is 2.38 bits per heavy atom. The maximum Gasteiger partial charge on any atom is 0.347 e. The predicted molar refractivity (Wildman–Crippen MR) is 51.9 cm³/mol. The zero-order valence-electron chi connectivity index (χ0n) is 8.28. The lowest BCUT2D eigenvalue weighted by Gasteiger charge is -2.22. The average Bonchev–Trinajstić information content (AvgIpc) is 2.57. The fourth-order valence-electron chi connectivity index (χ4n) is 1.51. The van der Waals surface area contributed by atoms with Gasteiger partial charge in [-0.2, -0.15) is 0 Å². The van der Waals surface area contributed by atoms with Crippen LogP contribution in [0.3, 0.4) is 0 Å². The molecule has 0 amide bonds. The molecule has 0 aromatic rings. The maximum atomic E-state index is 12.1. The first-order chi connectivity index (χ1) is 6.23. The summed E-state index contributed by atoms with van der Waals surface area (Å²) in [5.74, 6) is -0.0904. The Balaban J connectivity index is 2.58. The molecule has 1 fully saturated rings. The molecule has 0 aromatic heterocycles. The summed E-state index contributed by atoms with van der Waals surface area (Å²) in [5.41, 5.74) is 0. The van der Waals surface area contributed by atoms with Crippen LogP contribution in [0.5, 0.6) is 0 Å². The number of hydrogen-bond acceptors (Lipinski definition) is 4. The van der Waals surface area contributed by atoms with Gasteiger partial charge >= 0.3 is 7.60 Å². The zero-order chi connectivity index (χ0) is 9.73. The Morgan fingerprint density at radius 2 is 2.00 bits per heavy atom. The van der Waals surface area contributed by atoms with Crippen LogP contribution < -0.4 is 5.32 Å². The van der Waals surface area contributed by atoms with Gasteiger partial charge in [0.15, 0.2) is 0 Å². The molecule has 5 heteroatoms. The second-order valence-electron chi connectivity index (χ2n) is 2.99. The van der Waals surface area contributed by atoms with Crippen LogP contribution in [0.25, 0.3) is 0 Å². The highest BCUT2D eigenvalue weighted by Crippen LogP contribution is 2.54. The van der Waals surface area contributed by atoms with Crippen LogP contribution in [-0.2, 0) is 13.6 Å². The third kappa shape index (κ3) is 2.78. The SMILES string of the molecule is CCOP(=O)(OCC)[C@@H]1CCCN1. The van der Waals surface area contributed by atoms with Crippen LogP contribution in [-0.4, -0.2) is 25.5 Å². The highest BCUT2D eigenvalue weighted by atomic mass is 31.2. The summed E-state index contributed by atoms with van der Waals surface area (Å²) in [6.45, 7) is 5.46. The molecule has 0 bridgehead atoms. The molecule has 0 aliphatic carbocycles. The van der Waals surface area contributed by atoms with E-state index in [0.717, 1.165) is 19.4 Å². The van der Waals surface area contributed by atoms with Gasteiger partial charge in [0.05, 0.1) is 13.2 Å². The Morgan fingerprint density at radius 1 is 1.38 bits per heavy atom. The number of nitrogens with one attached hydrogen (secondary N) is 1. The quantitative estimate of drug-likeness (QED) is 0.700. The first-order valence-electron chi connectivity index (χ1n) is 4.85. The van der Waals surface area contributed by atoms with Crippen LogP contribution in [0, 0.1) is 0 Å². The Bertz CT molecular complexity index is 182. The molecule has 0 unspecified atom stereocenters. The summed E-state index contributed by atoms with van der Waals surface area (Å²) in [6.07, 6.45) is 1.94. The monoisotopic (exact) mass is 207 g/mol. The first kappa shape index (κ1) is 11.2. The Hall–Kier alpha value is 0.110. The van der Waals surface area contributed by atoms with Crippen molar-refractivity contribution in [2.45, 2.75) is 32.5 Å². The van der Waals surface area contributed by atoms with Gasteiger partial charge in [0.2, 0.25) is 0 Å². The normalized spacial score (nSPS) is 23.7. The smallest absolute Gasteiger partial charge is 0.308 e. The lowest BCUT2D eigenvalue weighted by atomic mass is 10.4. The highest BCUT2D eigenvalue weighted by molar-refractivity contribution is 7.54. The molecule has 0 radical (unpaired) electrons. The van der Waals surface area contributed by atoms with Crippen molar-refractivity contribution in [2.24, 2.45) is 0 Å². The van der Waals surface area contributed by atoms with Crippen molar-refractivity contribution in [3.05, 3.63) is 0 Å². The summed E-state index contributed by atoms with van der Waals surface area (Å²) in [4.78, 5) is 0. The van der Waals surface area contributed by atoms with Gasteiger partial charge in [-0.05, 0) is 33.2 Å². The Kier molecular flexibility index (Phi) is 4.39. The van der Waals surface area contributed by atoms with Crippen molar-refractivity contribution in [1.29, 1.82) is 0 Å². The summed E-state index contributed by atoms with van der Waals surface area (Å²) in [5, 5.41) is 3.15. The van der Waals surface area contributed by atoms with Gasteiger partial charge in [0.1, 0.15) is 5.78 Å². The fourth-order valence-corrected chi connectivity index (χ4v) is 3.52. The van der Waals surface area contributed by atoms with E-state index in [2.05, 4.69) is 5.32 Å². The summed E-state index contributed by atoms with van der Waals surface area (Å²) < 4.78 is 22.6. The molecule has 1 atom stereocenters. The first-order valence-corrected chi connectivity index (χ1v) is 6.46. The van der Waals surface area contributed by atoms with Gasteiger partial charge < -0.3 is 14.4 Å². The standard InChI is InChI=1S/C8H18NO3P/c1-3-11-13(10,12-4-2)8-6-5-7-9-8/h8-9H,3-7H2,1-2H3/t8-/m1/s1. The van der Waals surface area contributed by atoms with Crippen molar-refractivity contribution in [3.63, 3.8) is 0 Å². The van der Waals surface area contributed by atoms with Crippen LogP contribution in [0.4, 0.5) is 0 Å². The molecule has 0 aromatic carbocycles. The van der Waals surface area contributed by atoms with E-state index in [0.29, 0.717) is 13.2 Å². The van der Waals surface area contributed by atoms with Crippen molar-refractivity contribution in [1.82, 2.24) is 5.32 Å². The maximum absolute atomic E-state index is 12.1. The van der Waals surface area contributed by atoms with Gasteiger partial charge in [0.25, 0.3) is 0 Å². The number of hydrogen-bond donors (Lipinski definition) is 1. The van der Waals surface area contributed by atoms with Crippen molar-refractivity contribution < 1.29 is 13.6 Å². The Labute approximate surface area is 79.5 Å². The van der Waals surface area contributed by atoms with Crippen molar-refractivity contribution in [2.75, 3.05) is 19.8 Å². The third-order valence-corrected chi connectivity index (χ3v) is 4.47. The second kappa shape index (κ2) is 5.11. The fraction of sp³-hybridized carbons (Fsp3) is 1.00. The van der Waals surface area contributed by atoms with Crippen LogP contribution in [0.15, 0.2) is 0 Å². The predicted octanol–water partition coefficient (Wildman–Crippen LogP) is 1.96. The van der Waals surface area contributed by atoms with Gasteiger partial charge in [-0.1, -0.05) is 0 Å². The second-order valence-corrected chi connectivity index (χ2v) is 5.21. The van der Waals surface area contributed by atoms with E-state index < -0.39 is 7.60 Å². The van der Waals surface area contributed by atoms with Crippen LogP contribution in [0.2, 0.25) is 0 Å². The molecule has 1 aliphatic rings. The molecular formula is C8H18NO3P. The largest absolute Gasteiger partial charge is 0.347 e. The molecule has 0 saturated carbocycles. The molecule has 0 spiro atoms. The molecular weight excluding hydrogens is 189 g/mol.